The third-order valence-electron chi connectivity index (χ3n) is 3.29. The number of hydrogen-bond donors (Lipinski definition) is 2. The molecule has 0 aliphatic carbocycles. The van der Waals surface area contributed by atoms with Crippen LogP contribution in [-0.4, -0.2) is 49.0 Å². The topological polar surface area (TPSA) is 50.7 Å². The highest BCUT2D eigenvalue weighted by molar-refractivity contribution is 7.99. The molecule has 5 heteroatoms. The Morgan fingerprint density at radius 1 is 1.45 bits per heavy atom. The van der Waals surface area contributed by atoms with Gasteiger partial charge in [0.15, 0.2) is 0 Å². The fourth-order valence-corrected chi connectivity index (χ4v) is 3.25. The van der Waals surface area contributed by atoms with Crippen LogP contribution in [0, 0.1) is 0 Å². The summed E-state index contributed by atoms with van der Waals surface area (Å²) in [6.07, 6.45) is 1.97. The lowest BCUT2D eigenvalue weighted by Crippen LogP contribution is -2.40. The molecule has 1 aliphatic heterocycles. The van der Waals surface area contributed by atoms with Gasteiger partial charge in [0, 0.05) is 24.4 Å². The lowest BCUT2D eigenvalue weighted by Gasteiger charge is -2.24. The summed E-state index contributed by atoms with van der Waals surface area (Å²) in [6.45, 7) is 0.870. The molecule has 0 amide bonds. The normalized spacial score (nSPS) is 20.4. The fourth-order valence-electron chi connectivity index (χ4n) is 2.15. The van der Waals surface area contributed by atoms with Crippen molar-refractivity contribution in [2.75, 3.05) is 31.8 Å². The van der Waals surface area contributed by atoms with Crippen LogP contribution >= 0.6 is 11.8 Å². The van der Waals surface area contributed by atoms with Crippen LogP contribution in [0.3, 0.4) is 0 Å². The van der Waals surface area contributed by atoms with Crippen molar-refractivity contribution in [2.24, 2.45) is 0 Å². The number of rotatable bonds is 7. The number of benzene rings is 1. The van der Waals surface area contributed by atoms with Crippen LogP contribution in [0.5, 0.6) is 11.5 Å². The summed E-state index contributed by atoms with van der Waals surface area (Å²) < 4.78 is 10.7. The van der Waals surface area contributed by atoms with Gasteiger partial charge in [-0.15, -0.1) is 0 Å². The van der Waals surface area contributed by atoms with E-state index in [4.69, 9.17) is 9.47 Å². The first kappa shape index (κ1) is 15.5. The summed E-state index contributed by atoms with van der Waals surface area (Å²) in [4.78, 5) is 0. The van der Waals surface area contributed by atoms with Crippen LogP contribution in [0.25, 0.3) is 0 Å². The summed E-state index contributed by atoms with van der Waals surface area (Å²) in [7, 11) is 1.63. The lowest BCUT2D eigenvalue weighted by molar-refractivity contribution is 0.104. The molecule has 0 radical (unpaired) electrons. The molecular weight excluding hydrogens is 274 g/mol. The zero-order valence-electron chi connectivity index (χ0n) is 11.9. The number of methoxy groups -OCH3 is 1. The summed E-state index contributed by atoms with van der Waals surface area (Å²) in [6, 6.07) is 7.95. The Kier molecular flexibility index (Phi) is 6.50. The predicted molar refractivity (Wildman–Crippen MR) is 82.8 cm³/mol. The van der Waals surface area contributed by atoms with Crippen molar-refractivity contribution in [3.8, 4) is 11.5 Å². The molecule has 2 atom stereocenters. The average Bonchev–Trinajstić information content (AvgIpc) is 2.52. The number of nitrogens with one attached hydrogen (secondary N) is 1. The second-order valence-electron chi connectivity index (χ2n) is 4.97. The van der Waals surface area contributed by atoms with Gasteiger partial charge in [-0.3, -0.25) is 0 Å². The molecule has 1 aliphatic rings. The van der Waals surface area contributed by atoms with Crippen LogP contribution in [0.4, 0.5) is 0 Å². The summed E-state index contributed by atoms with van der Waals surface area (Å²) in [5, 5.41) is 13.3. The van der Waals surface area contributed by atoms with Gasteiger partial charge in [0.05, 0.1) is 7.11 Å². The molecule has 0 spiro atoms. The smallest absolute Gasteiger partial charge is 0.123 e. The first-order valence-electron chi connectivity index (χ1n) is 7.04. The number of ether oxygens (including phenoxy) is 2. The largest absolute Gasteiger partial charge is 0.497 e. The molecule has 0 bridgehead atoms. The molecule has 2 N–H and O–H groups in total. The first-order valence-corrected chi connectivity index (χ1v) is 8.19. The van der Waals surface area contributed by atoms with Gasteiger partial charge in [-0.25, -0.2) is 0 Å². The minimum absolute atomic E-state index is 0.292. The van der Waals surface area contributed by atoms with E-state index in [1.54, 1.807) is 7.11 Å². The van der Waals surface area contributed by atoms with E-state index in [9.17, 15) is 5.11 Å². The number of aliphatic hydroxyl groups excluding tert-OH is 1. The Balaban J connectivity index is 1.67. The molecule has 1 fully saturated rings. The van der Waals surface area contributed by atoms with Crippen molar-refractivity contribution in [3.63, 3.8) is 0 Å². The van der Waals surface area contributed by atoms with Crippen molar-refractivity contribution < 1.29 is 14.6 Å². The van der Waals surface area contributed by atoms with E-state index in [1.165, 1.54) is 18.6 Å². The highest BCUT2D eigenvalue weighted by Gasteiger charge is 2.14. The van der Waals surface area contributed by atoms with Crippen molar-refractivity contribution in [2.45, 2.75) is 25.0 Å². The Bertz CT molecular complexity index is 396. The number of thioether (sulfide) groups is 1. The highest BCUT2D eigenvalue weighted by Crippen LogP contribution is 2.19. The third kappa shape index (κ3) is 5.23. The van der Waals surface area contributed by atoms with Gasteiger partial charge in [0.1, 0.15) is 24.2 Å². The quantitative estimate of drug-likeness (QED) is 0.805. The first-order chi connectivity index (χ1) is 9.78. The van der Waals surface area contributed by atoms with Gasteiger partial charge in [-0.1, -0.05) is 6.07 Å². The maximum atomic E-state index is 9.94. The standard InChI is InChI=1S/C15H23NO3S/c1-18-14-5-2-6-15(8-14)19-10-13(17)9-16-12-4-3-7-20-11-12/h2,5-6,8,12-13,16-17H,3-4,7,9-11H2,1H3. The second kappa shape index (κ2) is 8.39. The highest BCUT2D eigenvalue weighted by atomic mass is 32.2. The Labute approximate surface area is 124 Å². The molecule has 112 valence electrons. The third-order valence-corrected chi connectivity index (χ3v) is 4.50. The van der Waals surface area contributed by atoms with Crippen molar-refractivity contribution in [1.29, 1.82) is 0 Å². The van der Waals surface area contributed by atoms with Crippen LogP contribution < -0.4 is 14.8 Å². The van der Waals surface area contributed by atoms with Crippen molar-refractivity contribution in [3.05, 3.63) is 24.3 Å². The zero-order chi connectivity index (χ0) is 14.2. The Hall–Kier alpha value is -0.910. The SMILES string of the molecule is COc1cccc(OCC(O)CNC2CCCSC2)c1. The van der Waals surface area contributed by atoms with Gasteiger partial charge in [0.2, 0.25) is 0 Å². The van der Waals surface area contributed by atoms with E-state index in [0.29, 0.717) is 19.2 Å². The molecule has 2 unspecified atom stereocenters. The monoisotopic (exact) mass is 297 g/mol. The van der Waals surface area contributed by atoms with E-state index in [2.05, 4.69) is 5.32 Å². The molecule has 1 saturated heterocycles. The maximum Gasteiger partial charge on any atom is 0.123 e. The van der Waals surface area contributed by atoms with Crippen molar-refractivity contribution >= 4 is 11.8 Å². The van der Waals surface area contributed by atoms with Crippen LogP contribution in [0.2, 0.25) is 0 Å². The molecule has 0 aromatic heterocycles. The van der Waals surface area contributed by atoms with Gasteiger partial charge in [0.25, 0.3) is 0 Å². The molecule has 20 heavy (non-hydrogen) atoms. The molecule has 1 aromatic carbocycles. The summed E-state index contributed by atoms with van der Waals surface area (Å²) >= 11 is 1.98. The Morgan fingerprint density at radius 2 is 2.30 bits per heavy atom. The van der Waals surface area contributed by atoms with E-state index in [1.807, 2.05) is 36.0 Å². The molecule has 4 nitrogen and oxygen atoms in total. The van der Waals surface area contributed by atoms with Gasteiger partial charge in [-0.05, 0) is 30.7 Å². The molecular formula is C15H23NO3S. The van der Waals surface area contributed by atoms with Gasteiger partial charge in [-0.2, -0.15) is 11.8 Å². The predicted octanol–water partition coefficient (Wildman–Crippen LogP) is 1.92. The maximum absolute atomic E-state index is 9.94. The van der Waals surface area contributed by atoms with E-state index < -0.39 is 6.10 Å². The number of aliphatic hydroxyl groups is 1. The van der Waals surface area contributed by atoms with Crippen LogP contribution in [-0.2, 0) is 0 Å². The van der Waals surface area contributed by atoms with Crippen molar-refractivity contribution in [1.82, 2.24) is 5.32 Å². The number of hydrogen-bond acceptors (Lipinski definition) is 5. The summed E-state index contributed by atoms with van der Waals surface area (Å²) in [5.74, 6) is 3.88. The van der Waals surface area contributed by atoms with Crippen LogP contribution in [0.15, 0.2) is 24.3 Å². The minimum Gasteiger partial charge on any atom is -0.497 e. The minimum atomic E-state index is -0.492. The molecule has 1 heterocycles. The van der Waals surface area contributed by atoms with E-state index in [0.717, 1.165) is 17.3 Å². The van der Waals surface area contributed by atoms with Gasteiger partial charge < -0.3 is 19.9 Å². The molecule has 1 aromatic rings. The van der Waals surface area contributed by atoms with Gasteiger partial charge >= 0.3 is 0 Å². The lowest BCUT2D eigenvalue weighted by atomic mass is 10.2. The fraction of sp³-hybridized carbons (Fsp3) is 0.600. The summed E-state index contributed by atoms with van der Waals surface area (Å²) in [5.41, 5.74) is 0. The zero-order valence-corrected chi connectivity index (χ0v) is 12.7. The average molecular weight is 297 g/mol. The molecule has 0 saturated carbocycles. The Morgan fingerprint density at radius 3 is 3.05 bits per heavy atom. The van der Waals surface area contributed by atoms with E-state index >= 15 is 0 Å². The van der Waals surface area contributed by atoms with E-state index in [-0.39, 0.29) is 0 Å². The second-order valence-corrected chi connectivity index (χ2v) is 6.12. The van der Waals surface area contributed by atoms with Crippen LogP contribution in [0.1, 0.15) is 12.8 Å². The molecule has 2 rings (SSSR count).